The van der Waals surface area contributed by atoms with Gasteiger partial charge in [-0.25, -0.2) is 9.78 Å². The number of carbonyl (C=O) groups is 1. The third-order valence-corrected chi connectivity index (χ3v) is 8.43. The number of nitrogens with zero attached hydrogens (tertiary/aromatic N) is 4. The summed E-state index contributed by atoms with van der Waals surface area (Å²) >= 11 is 6.05. The molecule has 0 unspecified atom stereocenters. The molecule has 2 N–H and O–H groups in total. The van der Waals surface area contributed by atoms with Crippen molar-refractivity contribution in [3.05, 3.63) is 81.6 Å². The maximum atomic E-state index is 13.7. The Labute approximate surface area is 232 Å². The molecular weight excluding hydrogens is 512 g/mol. The third-order valence-electron chi connectivity index (χ3n) is 8.22. The highest BCUT2D eigenvalue weighted by atomic mass is 35.5. The molecule has 3 heterocycles. The van der Waals surface area contributed by atoms with E-state index in [4.69, 9.17) is 11.6 Å². The Kier molecular flexibility index (Phi) is 7.12. The maximum absolute atomic E-state index is 13.7. The van der Waals surface area contributed by atoms with Crippen molar-refractivity contribution in [2.45, 2.75) is 70.5 Å². The van der Waals surface area contributed by atoms with E-state index in [9.17, 15) is 9.59 Å². The summed E-state index contributed by atoms with van der Waals surface area (Å²) in [5.41, 5.74) is 3.73. The molecule has 2 aliphatic carbocycles. The van der Waals surface area contributed by atoms with E-state index in [0.717, 1.165) is 48.2 Å². The molecule has 4 aromatic rings. The van der Waals surface area contributed by atoms with Gasteiger partial charge in [-0.1, -0.05) is 23.7 Å². The number of para-hydroxylation sites is 2. The van der Waals surface area contributed by atoms with E-state index < -0.39 is 0 Å². The van der Waals surface area contributed by atoms with Crippen molar-refractivity contribution in [3.63, 3.8) is 0 Å². The first kappa shape index (κ1) is 25.6. The minimum Gasteiger partial charge on any atom is -0.367 e. The third kappa shape index (κ3) is 5.30. The van der Waals surface area contributed by atoms with Gasteiger partial charge in [0.25, 0.3) is 5.91 Å². The van der Waals surface area contributed by atoms with Crippen molar-refractivity contribution in [2.75, 3.05) is 5.32 Å². The largest absolute Gasteiger partial charge is 0.367 e. The van der Waals surface area contributed by atoms with Crippen LogP contribution in [-0.2, 0) is 6.54 Å². The lowest BCUT2D eigenvalue weighted by atomic mass is 9.85. The maximum Gasteiger partial charge on any atom is 0.333 e. The second kappa shape index (κ2) is 10.8. The van der Waals surface area contributed by atoms with Crippen LogP contribution < -0.4 is 16.3 Å². The number of amides is 1. The Morgan fingerprint density at radius 1 is 0.974 bits per heavy atom. The molecule has 0 aliphatic heterocycles. The SMILES string of the molecule is Cc1ncc(Cl)cc1C(=O)NC1CCC(Cn2c(=O)n(-c3ccc(NC4CCC4)nc3)c3ccccc32)CC1. The van der Waals surface area contributed by atoms with E-state index in [2.05, 4.69) is 20.6 Å². The van der Waals surface area contributed by atoms with Gasteiger partial charge in [0.05, 0.1) is 39.2 Å². The van der Waals surface area contributed by atoms with Gasteiger partial charge in [-0.15, -0.1) is 0 Å². The fourth-order valence-electron chi connectivity index (χ4n) is 5.75. The Balaban J connectivity index is 1.15. The summed E-state index contributed by atoms with van der Waals surface area (Å²) in [6.45, 7) is 2.46. The highest BCUT2D eigenvalue weighted by Gasteiger charge is 2.26. The molecule has 0 saturated heterocycles. The summed E-state index contributed by atoms with van der Waals surface area (Å²) < 4.78 is 3.67. The van der Waals surface area contributed by atoms with Gasteiger partial charge in [-0.3, -0.25) is 18.9 Å². The van der Waals surface area contributed by atoms with E-state index in [-0.39, 0.29) is 17.6 Å². The molecule has 39 heavy (non-hydrogen) atoms. The van der Waals surface area contributed by atoms with E-state index >= 15 is 0 Å². The smallest absolute Gasteiger partial charge is 0.333 e. The van der Waals surface area contributed by atoms with Crippen LogP contribution in [0.2, 0.25) is 5.02 Å². The summed E-state index contributed by atoms with van der Waals surface area (Å²) in [5.74, 6) is 1.08. The lowest BCUT2D eigenvalue weighted by Crippen LogP contribution is -2.39. The predicted molar refractivity (Wildman–Crippen MR) is 154 cm³/mol. The van der Waals surface area contributed by atoms with Crippen molar-refractivity contribution >= 4 is 34.4 Å². The highest BCUT2D eigenvalue weighted by molar-refractivity contribution is 6.30. The highest BCUT2D eigenvalue weighted by Crippen LogP contribution is 2.28. The number of benzene rings is 1. The van der Waals surface area contributed by atoms with Crippen molar-refractivity contribution < 1.29 is 4.79 Å². The number of halogens is 1. The molecule has 0 radical (unpaired) electrons. The summed E-state index contributed by atoms with van der Waals surface area (Å²) in [6.07, 6.45) is 10.6. The van der Waals surface area contributed by atoms with Gasteiger partial charge < -0.3 is 10.6 Å². The quantitative estimate of drug-likeness (QED) is 0.320. The Hall–Kier alpha value is -3.65. The molecule has 0 atom stereocenters. The summed E-state index contributed by atoms with van der Waals surface area (Å²) in [7, 11) is 0. The van der Waals surface area contributed by atoms with Crippen molar-refractivity contribution in [3.8, 4) is 5.69 Å². The van der Waals surface area contributed by atoms with E-state index in [0.29, 0.717) is 34.8 Å². The van der Waals surface area contributed by atoms with Crippen molar-refractivity contribution in [1.29, 1.82) is 0 Å². The molecule has 1 amide bonds. The van der Waals surface area contributed by atoms with E-state index in [1.54, 1.807) is 23.0 Å². The van der Waals surface area contributed by atoms with Crippen molar-refractivity contribution in [1.82, 2.24) is 24.4 Å². The first-order valence-electron chi connectivity index (χ1n) is 13.8. The number of rotatable bonds is 7. The standard InChI is InChI=1S/C30H33ClN6O2/c1-19-25(15-21(31)16-32-19)29(38)35-23-11-9-20(10-12-23)18-36-26-7-2-3-8-27(26)37(30(36)39)24-13-14-28(33-17-24)34-22-5-4-6-22/h2-3,7-8,13-17,20,22-23H,4-6,9-12,18H2,1H3,(H,33,34)(H,35,38). The molecule has 6 rings (SSSR count). The van der Waals surface area contributed by atoms with Gasteiger partial charge in [0.15, 0.2) is 0 Å². The summed E-state index contributed by atoms with van der Waals surface area (Å²) in [5, 5.41) is 7.07. The van der Waals surface area contributed by atoms with Gasteiger partial charge in [-0.05, 0) is 88.1 Å². The zero-order valence-corrected chi connectivity index (χ0v) is 22.8. The molecule has 0 bridgehead atoms. The van der Waals surface area contributed by atoms with Crippen LogP contribution in [0.4, 0.5) is 5.82 Å². The molecule has 9 heteroatoms. The van der Waals surface area contributed by atoms with E-state index in [1.807, 2.05) is 47.9 Å². The lowest BCUT2D eigenvalue weighted by molar-refractivity contribution is 0.0919. The van der Waals surface area contributed by atoms with Crippen LogP contribution in [0.1, 0.15) is 61.0 Å². The van der Waals surface area contributed by atoms with Crippen LogP contribution in [0.15, 0.2) is 59.7 Å². The summed E-state index contributed by atoms with van der Waals surface area (Å²) in [4.78, 5) is 35.3. The fraction of sp³-hybridized carbons (Fsp3) is 0.400. The number of hydrogen-bond acceptors (Lipinski definition) is 5. The number of aryl methyl sites for hydroxylation is 1. The van der Waals surface area contributed by atoms with Crippen LogP contribution in [0.25, 0.3) is 16.7 Å². The first-order valence-corrected chi connectivity index (χ1v) is 14.2. The number of hydrogen-bond donors (Lipinski definition) is 2. The number of aromatic nitrogens is 4. The normalized spacial score (nSPS) is 19.5. The van der Waals surface area contributed by atoms with Gasteiger partial charge >= 0.3 is 5.69 Å². The Morgan fingerprint density at radius 3 is 2.44 bits per heavy atom. The van der Waals surface area contributed by atoms with Gasteiger partial charge in [0.2, 0.25) is 0 Å². The second-order valence-electron chi connectivity index (χ2n) is 10.9. The molecular formula is C30H33ClN6O2. The topological polar surface area (TPSA) is 93.8 Å². The molecule has 2 saturated carbocycles. The first-order chi connectivity index (χ1) is 19.0. The fourth-order valence-corrected chi connectivity index (χ4v) is 5.91. The number of imidazole rings is 1. The number of fused-ring (bicyclic) bond motifs is 1. The second-order valence-corrected chi connectivity index (χ2v) is 11.3. The molecule has 1 aromatic carbocycles. The van der Waals surface area contributed by atoms with Gasteiger partial charge in [0, 0.05) is 24.8 Å². The van der Waals surface area contributed by atoms with Crippen LogP contribution in [-0.4, -0.2) is 37.1 Å². The van der Waals surface area contributed by atoms with Crippen LogP contribution >= 0.6 is 11.6 Å². The van der Waals surface area contributed by atoms with E-state index in [1.165, 1.54) is 19.3 Å². The van der Waals surface area contributed by atoms with Crippen LogP contribution in [0.3, 0.4) is 0 Å². The molecule has 2 fully saturated rings. The number of nitrogens with one attached hydrogen (secondary N) is 2. The number of pyridine rings is 2. The Morgan fingerprint density at radius 2 is 1.74 bits per heavy atom. The zero-order chi connectivity index (χ0) is 26.9. The average Bonchev–Trinajstić information content (AvgIpc) is 3.20. The molecule has 0 spiro atoms. The minimum absolute atomic E-state index is 0.0444. The number of carbonyl (C=O) groups excluding carboxylic acids is 1. The monoisotopic (exact) mass is 544 g/mol. The van der Waals surface area contributed by atoms with Crippen LogP contribution in [0.5, 0.6) is 0 Å². The Bertz CT molecular complexity index is 1550. The lowest BCUT2D eigenvalue weighted by Gasteiger charge is -2.29. The summed E-state index contributed by atoms with van der Waals surface area (Å²) in [6, 6.07) is 14.2. The predicted octanol–water partition coefficient (Wildman–Crippen LogP) is 5.50. The molecule has 8 nitrogen and oxygen atoms in total. The molecule has 2 aliphatic rings. The average molecular weight is 545 g/mol. The van der Waals surface area contributed by atoms with Gasteiger partial charge in [0.1, 0.15) is 5.82 Å². The zero-order valence-electron chi connectivity index (χ0n) is 22.1. The number of anilines is 1. The van der Waals surface area contributed by atoms with Crippen molar-refractivity contribution in [2.24, 2.45) is 5.92 Å². The minimum atomic E-state index is -0.132. The van der Waals surface area contributed by atoms with Crippen LogP contribution in [0, 0.1) is 12.8 Å². The molecule has 202 valence electrons. The molecule has 3 aromatic heterocycles. The van der Waals surface area contributed by atoms with Gasteiger partial charge in [-0.2, -0.15) is 0 Å².